The van der Waals surface area contributed by atoms with Gasteiger partial charge in [-0.15, -0.1) is 0 Å². The Bertz CT molecular complexity index is 1030. The Morgan fingerprint density at radius 3 is 2.35 bits per heavy atom. The van der Waals surface area contributed by atoms with E-state index < -0.39 is 0 Å². The summed E-state index contributed by atoms with van der Waals surface area (Å²) >= 11 is 0. The minimum absolute atomic E-state index is 0.0944. The lowest BCUT2D eigenvalue weighted by Crippen LogP contribution is -2.60. The molecule has 1 amide bonds. The van der Waals surface area contributed by atoms with Crippen molar-refractivity contribution in [2.75, 3.05) is 0 Å². The van der Waals surface area contributed by atoms with Gasteiger partial charge in [0.1, 0.15) is 11.2 Å². The summed E-state index contributed by atoms with van der Waals surface area (Å²) in [5.74, 6) is 2.09. The number of aryl methyl sites for hydroxylation is 3. The van der Waals surface area contributed by atoms with Gasteiger partial charge in [-0.1, -0.05) is 26.7 Å². The summed E-state index contributed by atoms with van der Waals surface area (Å²) in [7, 11) is 1.90. The molecule has 0 radical (unpaired) electrons. The van der Waals surface area contributed by atoms with Crippen LogP contribution in [0, 0.1) is 17.8 Å². The number of pyridine rings is 1. The molecule has 2 aromatic heterocycles. The van der Waals surface area contributed by atoms with Crippen LogP contribution in [0.3, 0.4) is 0 Å². The van der Waals surface area contributed by atoms with E-state index >= 15 is 0 Å². The lowest BCUT2D eigenvalue weighted by atomic mass is 9.53. The normalized spacial score (nSPS) is 29.1. The first-order chi connectivity index (χ1) is 14.9. The molecule has 4 bridgehead atoms. The van der Waals surface area contributed by atoms with Gasteiger partial charge in [-0.3, -0.25) is 14.3 Å². The minimum atomic E-state index is -0.177. The van der Waals surface area contributed by atoms with Crippen LogP contribution in [-0.2, 0) is 20.0 Å². The molecule has 168 valence electrons. The Labute approximate surface area is 184 Å². The Hall–Kier alpha value is -2.11. The third-order valence-electron chi connectivity index (χ3n) is 8.12. The third-order valence-corrected chi connectivity index (χ3v) is 8.12. The van der Waals surface area contributed by atoms with Crippen LogP contribution in [0.4, 0.5) is 0 Å². The highest BCUT2D eigenvalue weighted by Crippen LogP contribution is 2.55. The van der Waals surface area contributed by atoms with Gasteiger partial charge in [0.05, 0.1) is 11.1 Å². The molecule has 0 spiro atoms. The van der Waals surface area contributed by atoms with Crippen molar-refractivity contribution in [1.29, 1.82) is 0 Å². The first-order valence-electron chi connectivity index (χ1n) is 12.3. The second kappa shape index (κ2) is 7.79. The van der Waals surface area contributed by atoms with Gasteiger partial charge >= 0.3 is 0 Å². The van der Waals surface area contributed by atoms with E-state index in [1.54, 1.807) is 6.20 Å². The second-order valence-corrected chi connectivity index (χ2v) is 10.5. The molecule has 0 unspecified atom stereocenters. The Morgan fingerprint density at radius 2 is 1.77 bits per heavy atom. The molecule has 4 aliphatic carbocycles. The molecule has 0 aromatic carbocycles. The molecule has 31 heavy (non-hydrogen) atoms. The summed E-state index contributed by atoms with van der Waals surface area (Å²) in [6.45, 7) is 5.00. The van der Waals surface area contributed by atoms with E-state index in [9.17, 15) is 9.59 Å². The number of nitrogens with zero attached hydrogens (tertiary/aromatic N) is 3. The number of fused-ring (bicyclic) bond motifs is 1. The topological polar surface area (TPSA) is 68.9 Å². The molecule has 6 heteroatoms. The molecule has 0 atom stereocenters. The average molecular weight is 425 g/mol. The molecule has 6 rings (SSSR count). The summed E-state index contributed by atoms with van der Waals surface area (Å²) < 4.78 is 3.90. The van der Waals surface area contributed by atoms with Gasteiger partial charge in [0.2, 0.25) is 5.43 Å². The van der Waals surface area contributed by atoms with Crippen molar-refractivity contribution < 1.29 is 4.79 Å². The summed E-state index contributed by atoms with van der Waals surface area (Å²) in [6.07, 6.45) is 13.0. The highest BCUT2D eigenvalue weighted by molar-refractivity contribution is 5.97. The largest absolute Gasteiger partial charge is 0.346 e. The Balaban J connectivity index is 1.52. The van der Waals surface area contributed by atoms with Crippen molar-refractivity contribution >= 4 is 16.9 Å². The maximum atomic E-state index is 13.5. The highest BCUT2D eigenvalue weighted by atomic mass is 16.2. The van der Waals surface area contributed by atoms with E-state index in [-0.39, 0.29) is 16.9 Å². The van der Waals surface area contributed by atoms with Crippen molar-refractivity contribution in [2.45, 2.75) is 90.1 Å². The van der Waals surface area contributed by atoms with Crippen LogP contribution >= 0.6 is 0 Å². The fourth-order valence-electron chi connectivity index (χ4n) is 7.23. The Morgan fingerprint density at radius 1 is 1.13 bits per heavy atom. The summed E-state index contributed by atoms with van der Waals surface area (Å²) in [6, 6.07) is 0. The molecule has 4 fully saturated rings. The van der Waals surface area contributed by atoms with Crippen LogP contribution in [-0.4, -0.2) is 25.8 Å². The molecule has 0 saturated heterocycles. The maximum absolute atomic E-state index is 13.5. The summed E-state index contributed by atoms with van der Waals surface area (Å²) in [5, 5.41) is 8.63. The average Bonchev–Trinajstić information content (AvgIpc) is 3.05. The summed E-state index contributed by atoms with van der Waals surface area (Å²) in [5.41, 5.74) is 1.67. The van der Waals surface area contributed by atoms with Crippen molar-refractivity contribution in [3.63, 3.8) is 0 Å². The first-order valence-corrected chi connectivity index (χ1v) is 12.3. The number of nitrogens with one attached hydrogen (secondary N) is 1. The van der Waals surface area contributed by atoms with Crippen molar-refractivity contribution in [3.8, 4) is 0 Å². The van der Waals surface area contributed by atoms with E-state index in [2.05, 4.69) is 21.9 Å². The number of aromatic nitrogens is 3. The van der Waals surface area contributed by atoms with Gasteiger partial charge in [-0.2, -0.15) is 5.10 Å². The number of unbranched alkanes of at least 4 members (excludes halogenated alkanes) is 2. The number of rotatable bonds is 7. The monoisotopic (exact) mass is 424 g/mol. The lowest BCUT2D eigenvalue weighted by Gasteiger charge is -2.56. The van der Waals surface area contributed by atoms with Crippen LogP contribution in [0.15, 0.2) is 11.0 Å². The quantitative estimate of drug-likeness (QED) is 0.678. The molecule has 0 aliphatic heterocycles. The van der Waals surface area contributed by atoms with Crippen LogP contribution in [0.5, 0.6) is 0 Å². The van der Waals surface area contributed by atoms with Crippen LogP contribution in [0.2, 0.25) is 0 Å². The summed E-state index contributed by atoms with van der Waals surface area (Å²) in [4.78, 5) is 27.0. The van der Waals surface area contributed by atoms with Crippen molar-refractivity contribution in [3.05, 3.63) is 27.7 Å². The molecule has 2 heterocycles. The van der Waals surface area contributed by atoms with Gasteiger partial charge in [-0.25, -0.2) is 0 Å². The van der Waals surface area contributed by atoms with Crippen molar-refractivity contribution in [1.82, 2.24) is 19.7 Å². The van der Waals surface area contributed by atoms with Gasteiger partial charge in [0, 0.05) is 25.3 Å². The van der Waals surface area contributed by atoms with Gasteiger partial charge in [0.15, 0.2) is 0 Å². The van der Waals surface area contributed by atoms with E-state index in [1.165, 1.54) is 19.3 Å². The fraction of sp³-hybridized carbons (Fsp3) is 0.720. The van der Waals surface area contributed by atoms with Gasteiger partial charge in [0.25, 0.3) is 5.91 Å². The van der Waals surface area contributed by atoms with Gasteiger partial charge < -0.3 is 9.88 Å². The Kier molecular flexibility index (Phi) is 5.22. The maximum Gasteiger partial charge on any atom is 0.257 e. The number of hydrogen-bond donors (Lipinski definition) is 1. The van der Waals surface area contributed by atoms with E-state index in [0.29, 0.717) is 17.4 Å². The standard InChI is InChI=1S/C25H36N4O2/c1-4-6-7-8-29-15-19(22(30)21-20(5-2)27-28(3)24(21)29)23(31)26-25-12-16-9-17(13-25)11-18(10-16)14-25/h15-18H,4-14H2,1-3H3,(H,26,31). The van der Waals surface area contributed by atoms with Crippen molar-refractivity contribution in [2.24, 2.45) is 24.8 Å². The molecule has 4 saturated carbocycles. The lowest BCUT2D eigenvalue weighted by molar-refractivity contribution is -0.0167. The van der Waals surface area contributed by atoms with E-state index in [4.69, 9.17) is 0 Å². The fourth-order valence-corrected chi connectivity index (χ4v) is 7.23. The number of hydrogen-bond acceptors (Lipinski definition) is 3. The molecule has 2 aromatic rings. The minimum Gasteiger partial charge on any atom is -0.346 e. The van der Waals surface area contributed by atoms with Crippen LogP contribution in [0.25, 0.3) is 11.0 Å². The predicted octanol–water partition coefficient (Wildman–Crippen LogP) is 4.19. The molecule has 6 nitrogen and oxygen atoms in total. The molecular weight excluding hydrogens is 388 g/mol. The van der Waals surface area contributed by atoms with Crippen LogP contribution in [0.1, 0.15) is 87.7 Å². The predicted molar refractivity (Wildman–Crippen MR) is 122 cm³/mol. The number of amides is 1. The molecular formula is C25H36N4O2. The highest BCUT2D eigenvalue weighted by Gasteiger charge is 2.51. The van der Waals surface area contributed by atoms with E-state index in [1.807, 2.05) is 18.7 Å². The van der Waals surface area contributed by atoms with Crippen LogP contribution < -0.4 is 10.7 Å². The second-order valence-electron chi connectivity index (χ2n) is 10.5. The zero-order valence-corrected chi connectivity index (χ0v) is 19.2. The smallest absolute Gasteiger partial charge is 0.257 e. The third kappa shape index (κ3) is 3.52. The molecule has 1 N–H and O–H groups in total. The first kappa shape index (κ1) is 20.8. The number of carbonyl (C=O) groups is 1. The number of carbonyl (C=O) groups excluding carboxylic acids is 1. The molecule has 4 aliphatic rings. The van der Waals surface area contributed by atoms with E-state index in [0.717, 1.165) is 74.2 Å². The van der Waals surface area contributed by atoms with Gasteiger partial charge in [-0.05, 0) is 69.1 Å². The zero-order valence-electron chi connectivity index (χ0n) is 19.2. The zero-order chi connectivity index (χ0) is 21.8. The SMILES string of the molecule is CCCCCn1cc(C(=O)NC23CC4CC(CC(C4)C2)C3)c(=O)c2c(CC)nn(C)c21.